The van der Waals surface area contributed by atoms with E-state index >= 15 is 0 Å². The molecule has 1 aromatic heterocycles. The number of nitrogens with one attached hydrogen (secondary N) is 1. The van der Waals surface area contributed by atoms with Crippen molar-refractivity contribution in [1.82, 2.24) is 9.97 Å². The Balaban J connectivity index is 2.55. The Labute approximate surface area is 87.3 Å². The number of fused-ring (bicyclic) bond motifs is 1. The number of nitrogens with zero attached hydrogens (tertiary/aromatic N) is 1. The van der Waals surface area contributed by atoms with Crippen LogP contribution in [0.1, 0.15) is 23.1 Å². The molecule has 4 heteroatoms. The van der Waals surface area contributed by atoms with Crippen LogP contribution in [0.3, 0.4) is 0 Å². The molecule has 0 fully saturated rings. The van der Waals surface area contributed by atoms with Gasteiger partial charge in [-0.15, -0.1) is 0 Å². The lowest BCUT2D eigenvalue weighted by Gasteiger charge is -2.01. The summed E-state index contributed by atoms with van der Waals surface area (Å²) in [5, 5.41) is 0. The van der Waals surface area contributed by atoms with E-state index in [0.717, 1.165) is 11.3 Å². The van der Waals surface area contributed by atoms with E-state index in [0.29, 0.717) is 17.7 Å². The third-order valence-electron chi connectivity index (χ3n) is 2.13. The first-order chi connectivity index (χ1) is 7.22. The molecule has 1 N–H and O–H groups in total. The molecular formula is C11H12N2O2. The molecule has 15 heavy (non-hydrogen) atoms. The molecule has 0 spiro atoms. The van der Waals surface area contributed by atoms with E-state index in [-0.39, 0.29) is 5.97 Å². The standard InChI is InChI=1S/C11H12N2O2/c1-3-15-11(14)8-5-4-6-9-10(8)13-7(2)12-9/h4-6H,3H2,1-2H3,(H,12,13). The molecule has 0 aliphatic rings. The first kappa shape index (κ1) is 9.71. The number of carbonyl (C=O) groups excluding carboxylic acids is 1. The quantitative estimate of drug-likeness (QED) is 0.761. The number of ether oxygens (including phenoxy) is 1. The first-order valence-electron chi connectivity index (χ1n) is 4.85. The summed E-state index contributed by atoms with van der Waals surface area (Å²) < 4.78 is 4.95. The second-order valence-electron chi connectivity index (χ2n) is 3.24. The highest BCUT2D eigenvalue weighted by atomic mass is 16.5. The number of H-pyrrole nitrogens is 1. The van der Waals surface area contributed by atoms with E-state index in [9.17, 15) is 4.79 Å². The number of rotatable bonds is 2. The molecule has 78 valence electrons. The average Bonchev–Trinajstić information content (AvgIpc) is 2.57. The van der Waals surface area contributed by atoms with Crippen LogP contribution in [0.25, 0.3) is 11.0 Å². The molecule has 0 bridgehead atoms. The van der Waals surface area contributed by atoms with E-state index in [1.54, 1.807) is 13.0 Å². The summed E-state index contributed by atoms with van der Waals surface area (Å²) in [4.78, 5) is 18.9. The minimum Gasteiger partial charge on any atom is -0.462 e. The molecule has 2 rings (SSSR count). The third kappa shape index (κ3) is 1.70. The maximum Gasteiger partial charge on any atom is 0.340 e. The summed E-state index contributed by atoms with van der Waals surface area (Å²) in [5.74, 6) is 0.469. The van der Waals surface area contributed by atoms with Gasteiger partial charge in [0.15, 0.2) is 0 Å². The highest BCUT2D eigenvalue weighted by Gasteiger charge is 2.12. The molecule has 4 nitrogen and oxygen atoms in total. The van der Waals surface area contributed by atoms with Crippen molar-refractivity contribution in [3.05, 3.63) is 29.6 Å². The van der Waals surface area contributed by atoms with Crippen molar-refractivity contribution in [3.63, 3.8) is 0 Å². The molecule has 0 aliphatic carbocycles. The van der Waals surface area contributed by atoms with Crippen molar-refractivity contribution in [1.29, 1.82) is 0 Å². The van der Waals surface area contributed by atoms with Gasteiger partial charge in [-0.2, -0.15) is 0 Å². The Bertz CT molecular complexity index is 502. The Kier molecular flexibility index (Phi) is 2.41. The van der Waals surface area contributed by atoms with E-state index in [2.05, 4.69) is 9.97 Å². The maximum absolute atomic E-state index is 11.6. The Hall–Kier alpha value is -1.84. The number of hydrogen-bond donors (Lipinski definition) is 1. The molecule has 1 heterocycles. The minimum absolute atomic E-state index is 0.324. The summed E-state index contributed by atoms with van der Waals surface area (Å²) in [6.45, 7) is 4.02. The molecule has 0 atom stereocenters. The summed E-state index contributed by atoms with van der Waals surface area (Å²) in [6, 6.07) is 5.42. The van der Waals surface area contributed by atoms with E-state index < -0.39 is 0 Å². The topological polar surface area (TPSA) is 55.0 Å². The summed E-state index contributed by atoms with van der Waals surface area (Å²) in [6.07, 6.45) is 0. The molecule has 0 saturated heterocycles. The van der Waals surface area contributed by atoms with Crippen molar-refractivity contribution in [2.45, 2.75) is 13.8 Å². The number of benzene rings is 1. The van der Waals surface area contributed by atoms with Gasteiger partial charge in [-0.05, 0) is 26.0 Å². The predicted octanol–water partition coefficient (Wildman–Crippen LogP) is 2.05. The second-order valence-corrected chi connectivity index (χ2v) is 3.24. The zero-order valence-corrected chi connectivity index (χ0v) is 8.70. The normalized spacial score (nSPS) is 10.5. The lowest BCUT2D eigenvalue weighted by Crippen LogP contribution is -2.05. The highest BCUT2D eigenvalue weighted by molar-refractivity contribution is 6.01. The molecule has 0 radical (unpaired) electrons. The van der Waals surface area contributed by atoms with Crippen molar-refractivity contribution >= 4 is 17.0 Å². The van der Waals surface area contributed by atoms with Crippen LogP contribution in [0.2, 0.25) is 0 Å². The van der Waals surface area contributed by atoms with Gasteiger partial charge in [0.1, 0.15) is 11.3 Å². The highest BCUT2D eigenvalue weighted by Crippen LogP contribution is 2.16. The smallest absolute Gasteiger partial charge is 0.340 e. The SMILES string of the molecule is CCOC(=O)c1cccc2[nH]c(C)nc12. The largest absolute Gasteiger partial charge is 0.462 e. The fourth-order valence-electron chi connectivity index (χ4n) is 1.53. The van der Waals surface area contributed by atoms with Crippen molar-refractivity contribution in [2.75, 3.05) is 6.61 Å². The number of imidazole rings is 1. The van der Waals surface area contributed by atoms with Gasteiger partial charge < -0.3 is 9.72 Å². The molecule has 0 aliphatic heterocycles. The number of hydrogen-bond acceptors (Lipinski definition) is 3. The fourth-order valence-corrected chi connectivity index (χ4v) is 1.53. The zero-order valence-electron chi connectivity index (χ0n) is 8.70. The minimum atomic E-state index is -0.324. The fraction of sp³-hybridized carbons (Fsp3) is 0.273. The van der Waals surface area contributed by atoms with Gasteiger partial charge in [-0.25, -0.2) is 9.78 Å². The van der Waals surface area contributed by atoms with Crippen LogP contribution in [0.4, 0.5) is 0 Å². The van der Waals surface area contributed by atoms with Crippen LogP contribution in [0, 0.1) is 6.92 Å². The summed E-state index contributed by atoms with van der Waals surface area (Å²) in [5.41, 5.74) is 2.05. The molecule has 0 amide bonds. The number of esters is 1. The number of carbonyl (C=O) groups is 1. The van der Waals surface area contributed by atoms with Gasteiger partial charge in [0, 0.05) is 0 Å². The van der Waals surface area contributed by atoms with Crippen LogP contribution >= 0.6 is 0 Å². The second kappa shape index (κ2) is 3.73. The van der Waals surface area contributed by atoms with Gasteiger partial charge in [0.25, 0.3) is 0 Å². The Morgan fingerprint density at radius 2 is 2.33 bits per heavy atom. The van der Waals surface area contributed by atoms with Crippen LogP contribution in [-0.4, -0.2) is 22.5 Å². The predicted molar refractivity (Wildman–Crippen MR) is 56.8 cm³/mol. The number of aryl methyl sites for hydroxylation is 1. The van der Waals surface area contributed by atoms with Gasteiger partial charge in [0.05, 0.1) is 17.7 Å². The van der Waals surface area contributed by atoms with Crippen molar-refractivity contribution in [2.24, 2.45) is 0 Å². The van der Waals surface area contributed by atoms with E-state index in [4.69, 9.17) is 4.74 Å². The number of aromatic nitrogens is 2. The van der Waals surface area contributed by atoms with Gasteiger partial charge in [0.2, 0.25) is 0 Å². The van der Waals surface area contributed by atoms with Crippen LogP contribution in [0.5, 0.6) is 0 Å². The number of para-hydroxylation sites is 1. The maximum atomic E-state index is 11.6. The molecule has 2 aromatic rings. The Morgan fingerprint density at radius 1 is 1.53 bits per heavy atom. The first-order valence-corrected chi connectivity index (χ1v) is 4.85. The lowest BCUT2D eigenvalue weighted by molar-refractivity contribution is 0.0528. The van der Waals surface area contributed by atoms with Gasteiger partial charge in [-0.1, -0.05) is 6.07 Å². The van der Waals surface area contributed by atoms with Gasteiger partial charge in [-0.3, -0.25) is 0 Å². The van der Waals surface area contributed by atoms with Crippen LogP contribution < -0.4 is 0 Å². The summed E-state index contributed by atoms with van der Waals surface area (Å²) >= 11 is 0. The van der Waals surface area contributed by atoms with Crippen molar-refractivity contribution < 1.29 is 9.53 Å². The van der Waals surface area contributed by atoms with E-state index in [1.807, 2.05) is 19.1 Å². The number of aromatic amines is 1. The molecular weight excluding hydrogens is 192 g/mol. The molecule has 0 unspecified atom stereocenters. The third-order valence-corrected chi connectivity index (χ3v) is 2.13. The zero-order chi connectivity index (χ0) is 10.8. The average molecular weight is 204 g/mol. The lowest BCUT2D eigenvalue weighted by atomic mass is 10.2. The van der Waals surface area contributed by atoms with E-state index in [1.165, 1.54) is 0 Å². The molecule has 0 saturated carbocycles. The van der Waals surface area contributed by atoms with Crippen LogP contribution in [0.15, 0.2) is 18.2 Å². The van der Waals surface area contributed by atoms with Gasteiger partial charge >= 0.3 is 5.97 Å². The van der Waals surface area contributed by atoms with Crippen molar-refractivity contribution in [3.8, 4) is 0 Å². The molecule has 1 aromatic carbocycles. The van der Waals surface area contributed by atoms with Crippen LogP contribution in [-0.2, 0) is 4.74 Å². The monoisotopic (exact) mass is 204 g/mol. The Morgan fingerprint density at radius 3 is 3.07 bits per heavy atom. The summed E-state index contributed by atoms with van der Waals surface area (Å²) in [7, 11) is 0.